The molecular formula is C20H23NO4. The van der Waals surface area contributed by atoms with Crippen molar-refractivity contribution in [2.24, 2.45) is 0 Å². The molecule has 5 heteroatoms. The molecule has 0 fully saturated rings. The van der Waals surface area contributed by atoms with E-state index in [9.17, 15) is 4.79 Å². The molecule has 1 aliphatic rings. The Bertz CT molecular complexity index is 729. The number of amides is 1. The summed E-state index contributed by atoms with van der Waals surface area (Å²) in [4.78, 5) is 11.8. The number of para-hydroxylation sites is 2. The molecule has 1 N–H and O–H groups in total. The number of hydrogen-bond acceptors (Lipinski definition) is 4. The summed E-state index contributed by atoms with van der Waals surface area (Å²) in [5.74, 6) is 1.83. The van der Waals surface area contributed by atoms with E-state index in [0.717, 1.165) is 18.6 Å². The summed E-state index contributed by atoms with van der Waals surface area (Å²) >= 11 is 0. The van der Waals surface area contributed by atoms with Gasteiger partial charge in [-0.3, -0.25) is 4.79 Å². The van der Waals surface area contributed by atoms with Crippen molar-refractivity contribution in [1.29, 1.82) is 0 Å². The van der Waals surface area contributed by atoms with Gasteiger partial charge in [0.25, 0.3) is 5.91 Å². The van der Waals surface area contributed by atoms with Crippen LogP contribution in [0.2, 0.25) is 0 Å². The highest BCUT2D eigenvalue weighted by atomic mass is 16.5. The number of fused-ring (bicyclic) bond motifs is 1. The summed E-state index contributed by atoms with van der Waals surface area (Å²) in [6, 6.07) is 13.5. The van der Waals surface area contributed by atoms with Crippen molar-refractivity contribution in [2.45, 2.75) is 19.3 Å². The number of rotatable bonds is 8. The van der Waals surface area contributed by atoms with Gasteiger partial charge in [0, 0.05) is 0 Å². The van der Waals surface area contributed by atoms with Crippen LogP contribution in [0.3, 0.4) is 0 Å². The Morgan fingerprint density at radius 1 is 1.04 bits per heavy atom. The van der Waals surface area contributed by atoms with Gasteiger partial charge >= 0.3 is 0 Å². The molecule has 0 atom stereocenters. The first-order chi connectivity index (χ1) is 12.3. The maximum Gasteiger partial charge on any atom is 0.258 e. The zero-order valence-electron chi connectivity index (χ0n) is 14.4. The third-order valence-corrected chi connectivity index (χ3v) is 4.19. The van der Waals surface area contributed by atoms with Crippen LogP contribution in [0.1, 0.15) is 17.5 Å². The van der Waals surface area contributed by atoms with Gasteiger partial charge in [-0.15, -0.1) is 0 Å². The summed E-state index contributed by atoms with van der Waals surface area (Å²) in [6.45, 7) is 0.809. The van der Waals surface area contributed by atoms with Gasteiger partial charge < -0.3 is 19.5 Å². The van der Waals surface area contributed by atoms with Crippen LogP contribution < -0.4 is 19.5 Å². The Morgan fingerprint density at radius 3 is 2.68 bits per heavy atom. The first-order valence-electron chi connectivity index (χ1n) is 8.53. The van der Waals surface area contributed by atoms with Gasteiger partial charge in [0.2, 0.25) is 0 Å². The Balaban J connectivity index is 1.37. The summed E-state index contributed by atoms with van der Waals surface area (Å²) in [6.07, 6.45) is 3.52. The lowest BCUT2D eigenvalue weighted by atomic mass is 10.1. The van der Waals surface area contributed by atoms with Crippen LogP contribution in [-0.2, 0) is 17.6 Å². The quantitative estimate of drug-likeness (QED) is 0.750. The monoisotopic (exact) mass is 341 g/mol. The molecule has 0 saturated heterocycles. The number of ether oxygens (including phenoxy) is 3. The zero-order chi connectivity index (χ0) is 17.5. The topological polar surface area (TPSA) is 56.8 Å². The normalized spacial score (nSPS) is 12.4. The number of benzene rings is 2. The van der Waals surface area contributed by atoms with E-state index in [1.165, 1.54) is 17.5 Å². The highest BCUT2D eigenvalue weighted by molar-refractivity contribution is 5.77. The molecule has 0 aliphatic heterocycles. The second kappa shape index (κ2) is 8.42. The van der Waals surface area contributed by atoms with E-state index in [2.05, 4.69) is 17.4 Å². The molecule has 0 spiro atoms. The fourth-order valence-electron chi connectivity index (χ4n) is 2.93. The van der Waals surface area contributed by atoms with Crippen LogP contribution >= 0.6 is 0 Å². The van der Waals surface area contributed by atoms with Gasteiger partial charge in [-0.05, 0) is 54.7 Å². The van der Waals surface area contributed by atoms with Crippen molar-refractivity contribution in [2.75, 3.05) is 26.9 Å². The Kier molecular flexibility index (Phi) is 5.77. The van der Waals surface area contributed by atoms with Crippen molar-refractivity contribution in [3.05, 3.63) is 53.6 Å². The number of nitrogens with one attached hydrogen (secondary N) is 1. The SMILES string of the molecule is COc1ccccc1OCC(=O)NCCOc1ccc2c(c1)CCC2. The molecule has 2 aromatic carbocycles. The minimum Gasteiger partial charge on any atom is -0.493 e. The van der Waals surface area contributed by atoms with E-state index in [1.54, 1.807) is 19.2 Å². The average Bonchev–Trinajstić information content (AvgIpc) is 3.11. The van der Waals surface area contributed by atoms with Gasteiger partial charge in [-0.1, -0.05) is 18.2 Å². The summed E-state index contributed by atoms with van der Waals surface area (Å²) in [5, 5.41) is 2.78. The van der Waals surface area contributed by atoms with Gasteiger partial charge in [0.15, 0.2) is 18.1 Å². The second-order valence-electron chi connectivity index (χ2n) is 5.92. The van der Waals surface area contributed by atoms with Crippen LogP contribution in [0.15, 0.2) is 42.5 Å². The van der Waals surface area contributed by atoms with Crippen LogP contribution in [0.25, 0.3) is 0 Å². The van der Waals surface area contributed by atoms with Crippen molar-refractivity contribution < 1.29 is 19.0 Å². The zero-order valence-corrected chi connectivity index (χ0v) is 14.4. The van der Waals surface area contributed by atoms with E-state index in [1.807, 2.05) is 18.2 Å². The largest absolute Gasteiger partial charge is 0.493 e. The number of carbonyl (C=O) groups excluding carboxylic acids is 1. The average molecular weight is 341 g/mol. The number of aryl methyl sites for hydroxylation is 2. The molecule has 2 aromatic rings. The van der Waals surface area contributed by atoms with E-state index in [0.29, 0.717) is 24.7 Å². The van der Waals surface area contributed by atoms with Crippen molar-refractivity contribution >= 4 is 5.91 Å². The smallest absolute Gasteiger partial charge is 0.258 e. The van der Waals surface area contributed by atoms with Crippen LogP contribution in [0, 0.1) is 0 Å². The molecule has 132 valence electrons. The predicted octanol–water partition coefficient (Wildman–Crippen LogP) is 2.76. The molecule has 0 unspecified atom stereocenters. The molecule has 0 saturated carbocycles. The molecule has 0 radical (unpaired) electrons. The lowest BCUT2D eigenvalue weighted by Gasteiger charge is -2.11. The molecule has 0 aromatic heterocycles. The Labute approximate surface area is 147 Å². The molecule has 1 amide bonds. The highest BCUT2D eigenvalue weighted by Gasteiger charge is 2.11. The Morgan fingerprint density at radius 2 is 1.84 bits per heavy atom. The third-order valence-electron chi connectivity index (χ3n) is 4.19. The minimum atomic E-state index is -0.191. The maximum absolute atomic E-state index is 11.8. The standard InChI is InChI=1S/C20H23NO4/c1-23-18-7-2-3-8-19(18)25-14-20(22)21-11-12-24-17-10-9-15-5-4-6-16(15)13-17/h2-3,7-10,13H,4-6,11-12,14H2,1H3,(H,21,22). The van der Waals surface area contributed by atoms with Gasteiger partial charge in [-0.25, -0.2) is 0 Å². The van der Waals surface area contributed by atoms with E-state index < -0.39 is 0 Å². The van der Waals surface area contributed by atoms with Gasteiger partial charge in [0.1, 0.15) is 12.4 Å². The summed E-state index contributed by atoms with van der Waals surface area (Å²) < 4.78 is 16.4. The van der Waals surface area contributed by atoms with E-state index >= 15 is 0 Å². The van der Waals surface area contributed by atoms with E-state index in [-0.39, 0.29) is 12.5 Å². The maximum atomic E-state index is 11.8. The second-order valence-corrected chi connectivity index (χ2v) is 5.92. The molecule has 0 bridgehead atoms. The van der Waals surface area contributed by atoms with Gasteiger partial charge in [-0.2, -0.15) is 0 Å². The number of methoxy groups -OCH3 is 1. The van der Waals surface area contributed by atoms with Crippen LogP contribution in [0.5, 0.6) is 17.2 Å². The molecule has 1 aliphatic carbocycles. The lowest BCUT2D eigenvalue weighted by molar-refractivity contribution is -0.123. The van der Waals surface area contributed by atoms with Crippen LogP contribution in [-0.4, -0.2) is 32.8 Å². The van der Waals surface area contributed by atoms with Gasteiger partial charge in [0.05, 0.1) is 13.7 Å². The number of hydrogen-bond donors (Lipinski definition) is 1. The first kappa shape index (κ1) is 17.1. The predicted molar refractivity (Wildman–Crippen MR) is 95.5 cm³/mol. The lowest BCUT2D eigenvalue weighted by Crippen LogP contribution is -2.32. The first-order valence-corrected chi connectivity index (χ1v) is 8.53. The minimum absolute atomic E-state index is 0.0563. The molecule has 0 heterocycles. The fraction of sp³-hybridized carbons (Fsp3) is 0.350. The highest BCUT2D eigenvalue weighted by Crippen LogP contribution is 2.26. The molecular weight excluding hydrogens is 318 g/mol. The Hall–Kier alpha value is -2.69. The summed E-state index contributed by atoms with van der Waals surface area (Å²) in [5.41, 5.74) is 2.81. The summed E-state index contributed by atoms with van der Waals surface area (Å²) in [7, 11) is 1.57. The van der Waals surface area contributed by atoms with Crippen molar-refractivity contribution in [1.82, 2.24) is 5.32 Å². The molecule has 5 nitrogen and oxygen atoms in total. The fourth-order valence-corrected chi connectivity index (χ4v) is 2.93. The van der Waals surface area contributed by atoms with E-state index in [4.69, 9.17) is 14.2 Å². The van der Waals surface area contributed by atoms with Crippen molar-refractivity contribution in [3.63, 3.8) is 0 Å². The third kappa shape index (κ3) is 4.66. The number of carbonyl (C=O) groups is 1. The van der Waals surface area contributed by atoms with Crippen molar-refractivity contribution in [3.8, 4) is 17.2 Å². The molecule has 3 rings (SSSR count). The molecule has 25 heavy (non-hydrogen) atoms. The van der Waals surface area contributed by atoms with Crippen LogP contribution in [0.4, 0.5) is 0 Å².